The summed E-state index contributed by atoms with van der Waals surface area (Å²) in [5.74, 6) is 1.43. The molecular formula is C27H41N3O2. The Hall–Kier alpha value is -1.46. The van der Waals surface area contributed by atoms with E-state index in [-0.39, 0.29) is 5.41 Å². The van der Waals surface area contributed by atoms with Crippen molar-refractivity contribution < 1.29 is 9.53 Å². The number of fused-ring (bicyclic) bond motifs is 1. The number of pyridine rings is 1. The Morgan fingerprint density at radius 2 is 1.94 bits per heavy atom. The van der Waals surface area contributed by atoms with Crippen LogP contribution in [-0.2, 0) is 22.5 Å². The number of aromatic nitrogens is 1. The number of ether oxygens (including phenoxy) is 1. The van der Waals surface area contributed by atoms with E-state index < -0.39 is 0 Å². The first-order valence-corrected chi connectivity index (χ1v) is 13.2. The highest BCUT2D eigenvalue weighted by Gasteiger charge is 2.49. The molecule has 176 valence electrons. The molecule has 1 saturated heterocycles. The van der Waals surface area contributed by atoms with Crippen LogP contribution in [-0.4, -0.2) is 47.6 Å². The van der Waals surface area contributed by atoms with E-state index in [0.29, 0.717) is 29.8 Å². The summed E-state index contributed by atoms with van der Waals surface area (Å²) in [6.45, 7) is 7.80. The number of nitrogens with zero attached hydrogens (tertiary/aromatic N) is 2. The molecule has 32 heavy (non-hydrogen) atoms. The predicted molar refractivity (Wildman–Crippen MR) is 126 cm³/mol. The van der Waals surface area contributed by atoms with E-state index in [2.05, 4.69) is 36.3 Å². The van der Waals surface area contributed by atoms with Gasteiger partial charge in [0.2, 0.25) is 5.91 Å². The Labute approximate surface area is 193 Å². The summed E-state index contributed by atoms with van der Waals surface area (Å²) in [5.41, 5.74) is 3.68. The minimum atomic E-state index is -0.225. The van der Waals surface area contributed by atoms with Crippen LogP contribution >= 0.6 is 0 Å². The lowest BCUT2D eigenvalue weighted by Crippen LogP contribution is -2.49. The molecule has 1 amide bonds. The van der Waals surface area contributed by atoms with Gasteiger partial charge in [-0.3, -0.25) is 9.78 Å². The molecule has 3 heterocycles. The van der Waals surface area contributed by atoms with Gasteiger partial charge >= 0.3 is 0 Å². The highest BCUT2D eigenvalue weighted by Crippen LogP contribution is 2.47. The zero-order chi connectivity index (χ0) is 22.1. The van der Waals surface area contributed by atoms with Crippen molar-refractivity contribution in [3.63, 3.8) is 0 Å². The maximum atomic E-state index is 14.0. The van der Waals surface area contributed by atoms with Gasteiger partial charge in [0.15, 0.2) is 0 Å². The van der Waals surface area contributed by atoms with E-state index in [0.717, 1.165) is 64.8 Å². The van der Waals surface area contributed by atoms with E-state index >= 15 is 0 Å². The second-order valence-electron chi connectivity index (χ2n) is 11.1. The van der Waals surface area contributed by atoms with Crippen LogP contribution in [0.5, 0.6) is 0 Å². The first-order chi connectivity index (χ1) is 15.5. The standard InChI is InChI=1S/C27H41N3O2/c1-19(2)27(11-7-24(16-27)29-23-9-13-32-14-10-23)26(31)30-12-8-25-22(18-30)15-21(17-28-25)20-5-3-4-6-20/h15,17,19-20,23-24,29H,3-14,16,18H2,1-2H3. The third kappa shape index (κ3) is 4.35. The quantitative estimate of drug-likeness (QED) is 0.729. The van der Waals surface area contributed by atoms with Gasteiger partial charge in [-0.1, -0.05) is 32.8 Å². The van der Waals surface area contributed by atoms with E-state index in [1.165, 1.54) is 42.5 Å². The summed E-state index contributed by atoms with van der Waals surface area (Å²) in [6.07, 6.45) is 13.6. The third-order valence-corrected chi connectivity index (χ3v) is 8.95. The van der Waals surface area contributed by atoms with Gasteiger partial charge in [0.05, 0.1) is 5.41 Å². The normalized spacial score (nSPS) is 29.6. The van der Waals surface area contributed by atoms with Crippen molar-refractivity contribution in [2.75, 3.05) is 19.8 Å². The van der Waals surface area contributed by atoms with E-state index in [1.54, 1.807) is 0 Å². The number of hydrogen-bond donors (Lipinski definition) is 1. The number of hydrogen-bond acceptors (Lipinski definition) is 4. The maximum Gasteiger partial charge on any atom is 0.229 e. The average Bonchev–Trinajstić information content (AvgIpc) is 3.50. The average molecular weight is 440 g/mol. The molecule has 2 saturated carbocycles. The van der Waals surface area contributed by atoms with Crippen molar-refractivity contribution in [3.8, 4) is 0 Å². The lowest BCUT2D eigenvalue weighted by Gasteiger charge is -2.40. The Kier molecular flexibility index (Phi) is 6.58. The van der Waals surface area contributed by atoms with E-state index in [4.69, 9.17) is 9.72 Å². The second-order valence-corrected chi connectivity index (χ2v) is 11.1. The van der Waals surface area contributed by atoms with Gasteiger partial charge in [0.1, 0.15) is 0 Å². The topological polar surface area (TPSA) is 54.5 Å². The SMILES string of the molecule is CC(C)C1(C(=O)N2CCc3ncc(C4CCCC4)cc3C2)CCC(NC2CCOCC2)C1. The third-order valence-electron chi connectivity index (χ3n) is 8.95. The van der Waals surface area contributed by atoms with Gasteiger partial charge in [-0.15, -0.1) is 0 Å². The Balaban J connectivity index is 1.28. The van der Waals surface area contributed by atoms with Crippen molar-refractivity contribution in [1.82, 2.24) is 15.2 Å². The summed E-state index contributed by atoms with van der Waals surface area (Å²) < 4.78 is 5.52. The van der Waals surface area contributed by atoms with Gasteiger partial charge in [-0.2, -0.15) is 0 Å². The molecule has 2 unspecified atom stereocenters. The van der Waals surface area contributed by atoms with Crippen molar-refractivity contribution in [3.05, 3.63) is 29.1 Å². The molecule has 0 spiro atoms. The molecule has 2 atom stereocenters. The minimum absolute atomic E-state index is 0.225. The molecule has 1 aromatic rings. The summed E-state index contributed by atoms with van der Waals surface area (Å²) in [5, 5.41) is 3.88. The van der Waals surface area contributed by atoms with E-state index in [1.807, 2.05) is 0 Å². The smallest absolute Gasteiger partial charge is 0.229 e. The van der Waals surface area contributed by atoms with Crippen LogP contribution in [0.15, 0.2) is 12.3 Å². The van der Waals surface area contributed by atoms with Crippen molar-refractivity contribution in [1.29, 1.82) is 0 Å². The Bertz CT molecular complexity index is 813. The molecule has 0 radical (unpaired) electrons. The van der Waals surface area contributed by atoms with Crippen molar-refractivity contribution >= 4 is 5.91 Å². The highest BCUT2D eigenvalue weighted by molar-refractivity contribution is 5.83. The van der Waals surface area contributed by atoms with Crippen LogP contribution in [0.1, 0.15) is 94.4 Å². The zero-order valence-corrected chi connectivity index (χ0v) is 20.1. The fraction of sp³-hybridized carbons (Fsp3) is 0.778. The molecule has 2 aliphatic heterocycles. The first kappa shape index (κ1) is 22.3. The molecule has 5 heteroatoms. The summed E-state index contributed by atoms with van der Waals surface area (Å²) in [7, 11) is 0. The van der Waals surface area contributed by atoms with Crippen molar-refractivity contribution in [2.45, 2.75) is 103 Å². The number of rotatable bonds is 5. The largest absolute Gasteiger partial charge is 0.381 e. The Morgan fingerprint density at radius 3 is 2.69 bits per heavy atom. The lowest BCUT2D eigenvalue weighted by atomic mass is 9.74. The molecule has 5 nitrogen and oxygen atoms in total. The van der Waals surface area contributed by atoms with Gasteiger partial charge < -0.3 is 15.0 Å². The van der Waals surface area contributed by atoms with Crippen LogP contribution in [0, 0.1) is 11.3 Å². The number of nitrogens with one attached hydrogen (secondary N) is 1. The fourth-order valence-corrected chi connectivity index (χ4v) is 6.80. The van der Waals surface area contributed by atoms with Crippen LogP contribution in [0.4, 0.5) is 0 Å². The van der Waals surface area contributed by atoms with Gasteiger partial charge in [0.25, 0.3) is 0 Å². The minimum Gasteiger partial charge on any atom is -0.381 e. The zero-order valence-electron chi connectivity index (χ0n) is 20.1. The maximum absolute atomic E-state index is 14.0. The fourth-order valence-electron chi connectivity index (χ4n) is 6.80. The van der Waals surface area contributed by atoms with Crippen LogP contribution in [0.25, 0.3) is 0 Å². The molecular weight excluding hydrogens is 398 g/mol. The molecule has 4 aliphatic rings. The monoisotopic (exact) mass is 439 g/mol. The number of amides is 1. The summed E-state index contributed by atoms with van der Waals surface area (Å²) in [6, 6.07) is 3.38. The summed E-state index contributed by atoms with van der Waals surface area (Å²) >= 11 is 0. The molecule has 1 aromatic heterocycles. The molecule has 3 fully saturated rings. The number of carbonyl (C=O) groups is 1. The van der Waals surface area contributed by atoms with Gasteiger partial charge in [-0.05, 0) is 67.9 Å². The molecule has 0 bridgehead atoms. The molecule has 1 N–H and O–H groups in total. The predicted octanol–water partition coefficient (Wildman–Crippen LogP) is 4.59. The van der Waals surface area contributed by atoms with Gasteiger partial charge in [0, 0.05) is 56.7 Å². The summed E-state index contributed by atoms with van der Waals surface area (Å²) in [4.78, 5) is 21.0. The molecule has 0 aromatic carbocycles. The van der Waals surface area contributed by atoms with Crippen LogP contribution in [0.2, 0.25) is 0 Å². The number of carbonyl (C=O) groups excluding carboxylic acids is 1. The Morgan fingerprint density at radius 1 is 1.16 bits per heavy atom. The molecule has 2 aliphatic carbocycles. The molecule has 5 rings (SSSR count). The van der Waals surface area contributed by atoms with Gasteiger partial charge in [-0.25, -0.2) is 0 Å². The lowest BCUT2D eigenvalue weighted by molar-refractivity contribution is -0.146. The first-order valence-electron chi connectivity index (χ1n) is 13.2. The van der Waals surface area contributed by atoms with Crippen molar-refractivity contribution in [2.24, 2.45) is 11.3 Å². The van der Waals surface area contributed by atoms with E-state index in [9.17, 15) is 4.79 Å². The second kappa shape index (κ2) is 9.42. The van der Waals surface area contributed by atoms with Crippen LogP contribution < -0.4 is 5.32 Å². The highest BCUT2D eigenvalue weighted by atomic mass is 16.5. The van der Waals surface area contributed by atoms with Crippen LogP contribution in [0.3, 0.4) is 0 Å².